The number of rotatable bonds is 11. The number of aryl methyl sites for hydroxylation is 1. The first kappa shape index (κ1) is 28.6. The van der Waals surface area contributed by atoms with Gasteiger partial charge in [-0.2, -0.15) is 0 Å². The van der Waals surface area contributed by atoms with E-state index in [1.165, 1.54) is 18.8 Å². The lowest BCUT2D eigenvalue weighted by atomic mass is 9.98. The van der Waals surface area contributed by atoms with Crippen molar-refractivity contribution in [2.75, 3.05) is 14.2 Å². The fourth-order valence-corrected chi connectivity index (χ4v) is 4.95. The van der Waals surface area contributed by atoms with E-state index in [1.807, 2.05) is 53.1 Å². The molecule has 5 rings (SSSR count). The lowest BCUT2D eigenvalue weighted by Crippen LogP contribution is -2.43. The van der Waals surface area contributed by atoms with Gasteiger partial charge in [-0.1, -0.05) is 61.9 Å². The molecule has 0 radical (unpaired) electrons. The Morgan fingerprint density at radius 2 is 1.76 bits per heavy atom. The molecule has 13 nitrogen and oxygen atoms in total. The van der Waals surface area contributed by atoms with Crippen molar-refractivity contribution in [2.45, 2.75) is 52.4 Å². The predicted octanol–water partition coefficient (Wildman–Crippen LogP) is 2.94. The van der Waals surface area contributed by atoms with Gasteiger partial charge in [0.05, 0.1) is 7.11 Å². The molecule has 218 valence electrons. The number of imidazole rings is 1. The van der Waals surface area contributed by atoms with Crippen molar-refractivity contribution in [1.29, 1.82) is 0 Å². The smallest absolute Gasteiger partial charge is 0.335 e. The van der Waals surface area contributed by atoms with Crippen LogP contribution in [-0.4, -0.2) is 59.5 Å². The highest BCUT2D eigenvalue weighted by Crippen LogP contribution is 2.30. The number of carbonyl (C=O) groups excluding carboxylic acids is 1. The Morgan fingerprint density at radius 1 is 1.02 bits per heavy atom. The number of carbonyl (C=O) groups is 1. The number of ether oxygens (including phenoxy) is 2. The van der Waals surface area contributed by atoms with E-state index in [0.717, 1.165) is 39.7 Å². The molecule has 0 fully saturated rings. The molecule has 1 unspecified atom stereocenters. The van der Waals surface area contributed by atoms with E-state index in [9.17, 15) is 14.4 Å². The number of methoxy groups -OCH3 is 2. The molecular formula is C29H32N8O5. The number of H-pyrrole nitrogens is 1. The van der Waals surface area contributed by atoms with Crippen LogP contribution < -0.4 is 11.2 Å². The monoisotopic (exact) mass is 572 g/mol. The van der Waals surface area contributed by atoms with Crippen LogP contribution in [0.3, 0.4) is 0 Å². The molecule has 0 spiro atoms. The number of tetrazole rings is 1. The molecule has 0 saturated carbocycles. The van der Waals surface area contributed by atoms with Crippen molar-refractivity contribution in [3.05, 3.63) is 80.8 Å². The standard InChI is InChI=1S/C29H32N8O5/c1-5-6-11-23-30-27-25(28(39)37(18(2)41-3)29(40)36(27)17-24(38)42-4)35(23)16-19-12-14-20(15-13-19)21-9-7-8-10-22(21)26-31-33-34-32-26/h7-10,12-15,18H,5-6,11,16-17H2,1-4H3,(H,31,32,33,34). The van der Waals surface area contributed by atoms with Crippen LogP contribution in [0.5, 0.6) is 0 Å². The average Bonchev–Trinajstić information content (AvgIpc) is 3.67. The van der Waals surface area contributed by atoms with Crippen LogP contribution >= 0.6 is 0 Å². The molecule has 0 bridgehead atoms. The van der Waals surface area contributed by atoms with Crippen LogP contribution in [0, 0.1) is 0 Å². The van der Waals surface area contributed by atoms with Gasteiger partial charge in [0.15, 0.2) is 17.0 Å². The highest BCUT2D eigenvalue weighted by molar-refractivity contribution is 5.80. The lowest BCUT2D eigenvalue weighted by molar-refractivity contribution is -0.141. The van der Waals surface area contributed by atoms with Crippen molar-refractivity contribution in [1.82, 2.24) is 39.3 Å². The topological polar surface area (TPSA) is 152 Å². The van der Waals surface area contributed by atoms with Gasteiger partial charge >= 0.3 is 11.7 Å². The van der Waals surface area contributed by atoms with Gasteiger partial charge in [-0.25, -0.2) is 19.4 Å². The summed E-state index contributed by atoms with van der Waals surface area (Å²) in [7, 11) is 2.65. The minimum atomic E-state index is -0.861. The highest BCUT2D eigenvalue weighted by Gasteiger charge is 2.25. The Morgan fingerprint density at radius 3 is 2.40 bits per heavy atom. The van der Waals surface area contributed by atoms with E-state index in [1.54, 1.807) is 6.92 Å². The van der Waals surface area contributed by atoms with Crippen molar-refractivity contribution in [3.8, 4) is 22.5 Å². The number of hydrogen-bond donors (Lipinski definition) is 1. The van der Waals surface area contributed by atoms with Crippen molar-refractivity contribution in [3.63, 3.8) is 0 Å². The van der Waals surface area contributed by atoms with Crippen molar-refractivity contribution < 1.29 is 14.3 Å². The van der Waals surface area contributed by atoms with Gasteiger partial charge in [0.2, 0.25) is 0 Å². The first-order valence-electron chi connectivity index (χ1n) is 13.6. The van der Waals surface area contributed by atoms with E-state index >= 15 is 0 Å². The number of hydrogen-bond acceptors (Lipinski definition) is 9. The highest BCUT2D eigenvalue weighted by atomic mass is 16.5. The van der Waals surface area contributed by atoms with E-state index in [2.05, 4.69) is 27.5 Å². The largest absolute Gasteiger partial charge is 0.468 e. The SMILES string of the molecule is CCCCc1nc2c(c(=O)n(C(C)OC)c(=O)n2CC(=O)OC)n1Cc1ccc(-c2ccccc2-c2nnn[nH]2)cc1. The van der Waals surface area contributed by atoms with Crippen LogP contribution in [0.2, 0.25) is 0 Å². The van der Waals surface area contributed by atoms with Crippen molar-refractivity contribution in [2.24, 2.45) is 0 Å². The van der Waals surface area contributed by atoms with Crippen LogP contribution in [0.15, 0.2) is 58.1 Å². The summed E-state index contributed by atoms with van der Waals surface area (Å²) in [4.78, 5) is 44.2. The molecule has 42 heavy (non-hydrogen) atoms. The maximum atomic E-state index is 13.8. The second-order valence-electron chi connectivity index (χ2n) is 9.84. The minimum absolute atomic E-state index is 0.146. The number of unbranched alkanes of at least 4 members (excludes halogenated alkanes) is 1. The number of aromatic nitrogens is 8. The van der Waals surface area contributed by atoms with Gasteiger partial charge in [0.1, 0.15) is 18.6 Å². The Kier molecular flexibility index (Phi) is 8.38. The molecule has 1 N–H and O–H groups in total. The Labute approximate surface area is 240 Å². The third-order valence-corrected chi connectivity index (χ3v) is 7.25. The maximum Gasteiger partial charge on any atom is 0.335 e. The van der Waals surface area contributed by atoms with Gasteiger partial charge in [-0.15, -0.1) is 5.10 Å². The third-order valence-electron chi connectivity index (χ3n) is 7.25. The van der Waals surface area contributed by atoms with E-state index < -0.39 is 23.4 Å². The van der Waals surface area contributed by atoms with Crippen LogP contribution in [0.4, 0.5) is 0 Å². The molecule has 13 heteroatoms. The molecule has 0 aliphatic rings. The Balaban J connectivity index is 1.62. The van der Waals surface area contributed by atoms with Gasteiger partial charge < -0.3 is 14.0 Å². The lowest BCUT2D eigenvalue weighted by Gasteiger charge is -2.16. The number of aromatic amines is 1. The number of esters is 1. The fourth-order valence-electron chi connectivity index (χ4n) is 4.95. The molecule has 0 amide bonds. The number of fused-ring (bicyclic) bond motifs is 1. The summed E-state index contributed by atoms with van der Waals surface area (Å²) in [6.07, 6.45) is 1.48. The zero-order chi connectivity index (χ0) is 29.8. The van der Waals surface area contributed by atoms with Crippen LogP contribution in [-0.2, 0) is 33.8 Å². The van der Waals surface area contributed by atoms with Gasteiger partial charge in [-0.05, 0) is 40.5 Å². The molecule has 3 heterocycles. The fraction of sp³-hybridized carbons (Fsp3) is 0.345. The Bertz CT molecular complexity index is 1820. The zero-order valence-electron chi connectivity index (χ0n) is 23.9. The molecule has 1 atom stereocenters. The van der Waals surface area contributed by atoms with Crippen molar-refractivity contribution >= 4 is 17.1 Å². The summed E-state index contributed by atoms with van der Waals surface area (Å²) in [6, 6.07) is 15.8. The molecule has 5 aromatic rings. The number of nitrogens with one attached hydrogen (secondary N) is 1. The quantitative estimate of drug-likeness (QED) is 0.236. The molecule has 0 aliphatic heterocycles. The zero-order valence-corrected chi connectivity index (χ0v) is 23.9. The minimum Gasteiger partial charge on any atom is -0.468 e. The molecular weight excluding hydrogens is 540 g/mol. The summed E-state index contributed by atoms with van der Waals surface area (Å²) in [5.74, 6) is 0.590. The normalized spacial score (nSPS) is 12.1. The number of benzene rings is 2. The first-order valence-corrected chi connectivity index (χ1v) is 13.6. The van der Waals surface area contributed by atoms with Crippen LogP contribution in [0.25, 0.3) is 33.7 Å². The van der Waals surface area contributed by atoms with E-state index in [-0.39, 0.29) is 17.7 Å². The summed E-state index contributed by atoms with van der Waals surface area (Å²) >= 11 is 0. The summed E-state index contributed by atoms with van der Waals surface area (Å²) < 4.78 is 14.2. The van der Waals surface area contributed by atoms with Gasteiger partial charge in [0.25, 0.3) is 5.56 Å². The predicted molar refractivity (Wildman–Crippen MR) is 155 cm³/mol. The second kappa shape index (κ2) is 12.3. The van der Waals surface area contributed by atoms with Gasteiger partial charge in [-0.3, -0.25) is 14.2 Å². The van der Waals surface area contributed by atoms with E-state index in [0.29, 0.717) is 24.6 Å². The third kappa shape index (κ3) is 5.38. The van der Waals surface area contributed by atoms with E-state index in [4.69, 9.17) is 14.5 Å². The molecule has 0 aliphatic carbocycles. The first-order chi connectivity index (χ1) is 20.4. The molecule has 0 saturated heterocycles. The number of nitrogens with zero attached hydrogens (tertiary/aromatic N) is 7. The van der Waals surface area contributed by atoms with Crippen LogP contribution in [0.1, 0.15) is 44.3 Å². The maximum absolute atomic E-state index is 13.8. The summed E-state index contributed by atoms with van der Waals surface area (Å²) in [5.41, 5.74) is 2.86. The summed E-state index contributed by atoms with van der Waals surface area (Å²) in [6.45, 7) is 3.61. The average molecular weight is 573 g/mol. The second-order valence-corrected chi connectivity index (χ2v) is 9.84. The Hall–Kier alpha value is -4.91. The summed E-state index contributed by atoms with van der Waals surface area (Å²) in [5, 5.41) is 14.3. The molecule has 2 aromatic carbocycles. The molecule has 3 aromatic heterocycles. The van der Waals surface area contributed by atoms with Gasteiger partial charge in [0, 0.05) is 25.6 Å².